The molecule has 0 atom stereocenters. The molecule has 20 heavy (non-hydrogen) atoms. The largest absolute Gasteiger partial charge is 0.382 e. The summed E-state index contributed by atoms with van der Waals surface area (Å²) in [5.74, 6) is 0.361. The summed E-state index contributed by atoms with van der Waals surface area (Å²) >= 11 is 0. The van der Waals surface area contributed by atoms with E-state index in [0.717, 1.165) is 5.69 Å². The fraction of sp³-hybridized carbons (Fsp3) is 0.455. The Kier molecular flexibility index (Phi) is 4.21. The van der Waals surface area contributed by atoms with Gasteiger partial charge in [-0.1, -0.05) is 6.07 Å². The van der Waals surface area contributed by atoms with Gasteiger partial charge >= 0.3 is 0 Å². The first kappa shape index (κ1) is 15.1. The van der Waals surface area contributed by atoms with Crippen LogP contribution < -0.4 is 15.2 Å². The Morgan fingerprint density at radius 3 is 2.35 bits per heavy atom. The molecule has 0 unspecified atom stereocenters. The molecule has 0 spiro atoms. The van der Waals surface area contributed by atoms with E-state index in [2.05, 4.69) is 10.0 Å². The van der Waals surface area contributed by atoms with E-state index >= 15 is 0 Å². The molecule has 0 aliphatic carbocycles. The highest BCUT2D eigenvalue weighted by Crippen LogP contribution is 2.20. The lowest BCUT2D eigenvalue weighted by Gasteiger charge is -2.24. The maximum Gasteiger partial charge on any atom is 0.296 e. The molecule has 112 valence electrons. The minimum Gasteiger partial charge on any atom is -0.382 e. The molecule has 9 heteroatoms. The fourth-order valence-electron chi connectivity index (χ4n) is 2.11. The average molecular weight is 319 g/mol. The van der Waals surface area contributed by atoms with Gasteiger partial charge in [0.05, 0.1) is 17.2 Å². The van der Waals surface area contributed by atoms with Crippen LogP contribution in [0.3, 0.4) is 0 Å². The van der Waals surface area contributed by atoms with Crippen molar-refractivity contribution >= 4 is 31.4 Å². The number of benzene rings is 1. The topological polar surface area (TPSA) is 118 Å². The molecule has 0 bridgehead atoms. The van der Waals surface area contributed by atoms with Crippen LogP contribution in [0.25, 0.3) is 0 Å². The number of nitrogens with one attached hydrogen (secondary N) is 2. The Balaban J connectivity index is 2.02. The van der Waals surface area contributed by atoms with Gasteiger partial charge < -0.3 is 5.32 Å². The molecule has 0 aromatic heterocycles. The molecule has 1 aromatic rings. The number of nitrogens with two attached hydrogens (primary N) is 1. The first-order valence-corrected chi connectivity index (χ1v) is 9.48. The van der Waals surface area contributed by atoms with Crippen molar-refractivity contribution in [3.8, 4) is 0 Å². The molecule has 4 N–H and O–H groups in total. The maximum atomic E-state index is 11.3. The summed E-state index contributed by atoms with van der Waals surface area (Å²) in [5, 5.41) is 8.11. The molecule has 7 nitrogen and oxygen atoms in total. The van der Waals surface area contributed by atoms with Crippen LogP contribution in [0.15, 0.2) is 24.3 Å². The number of rotatable bonds is 4. The van der Waals surface area contributed by atoms with Crippen LogP contribution in [0.5, 0.6) is 0 Å². The zero-order valence-corrected chi connectivity index (χ0v) is 12.4. The van der Waals surface area contributed by atoms with Gasteiger partial charge in [0, 0.05) is 11.7 Å². The molecule has 1 aromatic carbocycles. The second-order valence-electron chi connectivity index (χ2n) is 4.80. The summed E-state index contributed by atoms with van der Waals surface area (Å²) in [6.07, 6.45) is 1.10. The summed E-state index contributed by atoms with van der Waals surface area (Å²) in [5.41, 5.74) is 1.09. The molecule has 0 saturated carbocycles. The van der Waals surface area contributed by atoms with Crippen molar-refractivity contribution in [3.05, 3.63) is 24.3 Å². The van der Waals surface area contributed by atoms with Crippen LogP contribution in [0.1, 0.15) is 12.8 Å². The Hall–Kier alpha value is -1.32. The van der Waals surface area contributed by atoms with E-state index in [0.29, 0.717) is 18.5 Å². The Morgan fingerprint density at radius 2 is 1.75 bits per heavy atom. The molecule has 1 fully saturated rings. The van der Waals surface area contributed by atoms with Crippen LogP contribution in [-0.4, -0.2) is 34.4 Å². The molecular weight excluding hydrogens is 302 g/mol. The molecule has 1 saturated heterocycles. The third-order valence-corrected chi connectivity index (χ3v) is 5.28. The van der Waals surface area contributed by atoms with Crippen molar-refractivity contribution in [2.45, 2.75) is 18.9 Å². The first-order chi connectivity index (χ1) is 9.23. The number of hydrogen-bond donors (Lipinski definition) is 3. The normalized spacial score (nSPS) is 19.4. The van der Waals surface area contributed by atoms with E-state index in [9.17, 15) is 16.8 Å². The van der Waals surface area contributed by atoms with E-state index in [1.807, 2.05) is 0 Å². The lowest BCUT2D eigenvalue weighted by molar-refractivity contribution is 0.559. The summed E-state index contributed by atoms with van der Waals surface area (Å²) in [6, 6.07) is 6.75. The Bertz CT molecular complexity index is 671. The molecule has 1 aliphatic heterocycles. The second-order valence-corrected chi connectivity index (χ2v) is 8.40. The highest BCUT2D eigenvalue weighted by Gasteiger charge is 2.23. The summed E-state index contributed by atoms with van der Waals surface area (Å²) in [6.45, 7) is 0. The van der Waals surface area contributed by atoms with Gasteiger partial charge in [-0.2, -0.15) is 8.42 Å². The molecule has 2 rings (SSSR count). The van der Waals surface area contributed by atoms with Crippen molar-refractivity contribution in [1.82, 2.24) is 0 Å². The van der Waals surface area contributed by atoms with E-state index < -0.39 is 20.0 Å². The maximum absolute atomic E-state index is 11.3. The van der Waals surface area contributed by atoms with Crippen LogP contribution in [0.2, 0.25) is 0 Å². The molecule has 1 aliphatic rings. The van der Waals surface area contributed by atoms with Gasteiger partial charge in [-0.3, -0.25) is 4.72 Å². The van der Waals surface area contributed by atoms with E-state index in [1.165, 1.54) is 0 Å². The Labute approximate surface area is 118 Å². The van der Waals surface area contributed by atoms with Crippen LogP contribution in [0, 0.1) is 0 Å². The average Bonchev–Trinajstić information content (AvgIpc) is 2.30. The van der Waals surface area contributed by atoms with Gasteiger partial charge in [-0.25, -0.2) is 13.6 Å². The predicted molar refractivity (Wildman–Crippen MR) is 78.5 cm³/mol. The fourth-order valence-corrected chi connectivity index (χ4v) is 4.05. The van der Waals surface area contributed by atoms with E-state index in [-0.39, 0.29) is 17.5 Å². The van der Waals surface area contributed by atoms with Crippen LogP contribution >= 0.6 is 0 Å². The van der Waals surface area contributed by atoms with Gasteiger partial charge in [0.15, 0.2) is 0 Å². The van der Waals surface area contributed by atoms with Gasteiger partial charge in [0.25, 0.3) is 10.2 Å². The van der Waals surface area contributed by atoms with Gasteiger partial charge in [0.2, 0.25) is 0 Å². The lowest BCUT2D eigenvalue weighted by atomic mass is 10.1. The van der Waals surface area contributed by atoms with Crippen molar-refractivity contribution in [2.75, 3.05) is 21.5 Å². The smallest absolute Gasteiger partial charge is 0.296 e. The third kappa shape index (κ3) is 4.66. The number of hydrogen-bond acceptors (Lipinski definition) is 5. The standard InChI is InChI=1S/C11H17N3O4S2/c12-20(17,18)14-11-3-1-2-10(8-11)13-9-4-6-19(15,16)7-5-9/h1-3,8-9,13-14H,4-7H2,(H2,12,17,18). The lowest BCUT2D eigenvalue weighted by Crippen LogP contribution is -2.32. The Morgan fingerprint density at radius 1 is 1.15 bits per heavy atom. The monoisotopic (exact) mass is 319 g/mol. The summed E-state index contributed by atoms with van der Waals surface area (Å²) < 4.78 is 46.8. The predicted octanol–water partition coefficient (Wildman–Crippen LogP) is 0.291. The zero-order valence-electron chi connectivity index (χ0n) is 10.7. The SMILES string of the molecule is NS(=O)(=O)Nc1cccc(NC2CCS(=O)(=O)CC2)c1. The van der Waals surface area contributed by atoms with Crippen LogP contribution in [0.4, 0.5) is 11.4 Å². The van der Waals surface area contributed by atoms with Crippen molar-refractivity contribution in [2.24, 2.45) is 5.14 Å². The van der Waals surface area contributed by atoms with Gasteiger partial charge in [0.1, 0.15) is 9.84 Å². The zero-order chi connectivity index (χ0) is 14.8. The molecule has 1 heterocycles. The second kappa shape index (κ2) is 5.58. The molecule has 0 amide bonds. The van der Waals surface area contributed by atoms with E-state index in [4.69, 9.17) is 5.14 Å². The highest BCUT2D eigenvalue weighted by molar-refractivity contribution is 7.91. The molecule has 0 radical (unpaired) electrons. The number of sulfone groups is 1. The van der Waals surface area contributed by atoms with Crippen molar-refractivity contribution in [1.29, 1.82) is 0 Å². The number of anilines is 2. The first-order valence-electron chi connectivity index (χ1n) is 6.11. The molecular formula is C11H17N3O4S2. The van der Waals surface area contributed by atoms with Crippen molar-refractivity contribution < 1.29 is 16.8 Å². The third-order valence-electron chi connectivity index (χ3n) is 3.05. The van der Waals surface area contributed by atoms with E-state index in [1.54, 1.807) is 24.3 Å². The van der Waals surface area contributed by atoms with Crippen molar-refractivity contribution in [3.63, 3.8) is 0 Å². The minimum atomic E-state index is -3.80. The highest BCUT2D eigenvalue weighted by atomic mass is 32.2. The van der Waals surface area contributed by atoms with Crippen LogP contribution in [-0.2, 0) is 20.0 Å². The van der Waals surface area contributed by atoms with Gasteiger partial charge in [-0.15, -0.1) is 0 Å². The minimum absolute atomic E-state index is 0.0725. The summed E-state index contributed by atoms with van der Waals surface area (Å²) in [4.78, 5) is 0. The van der Waals surface area contributed by atoms with Gasteiger partial charge in [-0.05, 0) is 31.0 Å². The quantitative estimate of drug-likeness (QED) is 0.737. The summed E-state index contributed by atoms with van der Waals surface area (Å²) in [7, 11) is -6.69.